The van der Waals surface area contributed by atoms with Crippen molar-refractivity contribution < 1.29 is 19.0 Å². The van der Waals surface area contributed by atoms with Crippen molar-refractivity contribution in [2.24, 2.45) is 0 Å². The van der Waals surface area contributed by atoms with Gasteiger partial charge in [0.1, 0.15) is 33.6 Å². The average Bonchev–Trinajstić information content (AvgIpc) is 3.37. The topological polar surface area (TPSA) is 44.8 Å². The fourth-order valence-corrected chi connectivity index (χ4v) is 4.31. The molecule has 0 aromatic heterocycles. The Hall–Kier alpha value is -2.69. The van der Waals surface area contributed by atoms with E-state index in [4.69, 9.17) is 37.4 Å². The molecule has 0 spiro atoms. The molecular formula is C25H22Cl2O4. The first kappa shape index (κ1) is 21.5. The van der Waals surface area contributed by atoms with E-state index in [-0.39, 0.29) is 6.61 Å². The lowest BCUT2D eigenvalue weighted by Gasteiger charge is -2.18. The van der Waals surface area contributed by atoms with Gasteiger partial charge in [0.25, 0.3) is 0 Å². The summed E-state index contributed by atoms with van der Waals surface area (Å²) in [7, 11) is 0. The number of hydrogen-bond donors (Lipinski definition) is 0. The van der Waals surface area contributed by atoms with Crippen molar-refractivity contribution in [2.45, 2.75) is 29.7 Å². The van der Waals surface area contributed by atoms with E-state index < -0.39 is 15.7 Å². The summed E-state index contributed by atoms with van der Waals surface area (Å²) in [5, 5.41) is 0. The Morgan fingerprint density at radius 3 is 2.23 bits per heavy atom. The molecule has 1 fully saturated rings. The summed E-state index contributed by atoms with van der Waals surface area (Å²) >= 11 is 12.8. The van der Waals surface area contributed by atoms with Crippen molar-refractivity contribution in [2.75, 3.05) is 6.61 Å². The molecule has 0 radical (unpaired) electrons. The van der Waals surface area contributed by atoms with E-state index in [1.165, 1.54) is 0 Å². The van der Waals surface area contributed by atoms with Gasteiger partial charge in [-0.2, -0.15) is 0 Å². The predicted molar refractivity (Wildman–Crippen MR) is 121 cm³/mol. The van der Waals surface area contributed by atoms with Crippen molar-refractivity contribution in [3.63, 3.8) is 0 Å². The second kappa shape index (κ2) is 8.81. The lowest BCUT2D eigenvalue weighted by Crippen LogP contribution is -2.28. The molecule has 0 N–H and O–H groups in total. The summed E-state index contributed by atoms with van der Waals surface area (Å²) in [5.74, 6) is 1.67. The van der Waals surface area contributed by atoms with Crippen LogP contribution < -0.4 is 9.47 Å². The van der Waals surface area contributed by atoms with Gasteiger partial charge in [0.2, 0.25) is 0 Å². The van der Waals surface area contributed by atoms with Crippen molar-refractivity contribution in [3.05, 3.63) is 90.0 Å². The van der Waals surface area contributed by atoms with E-state index in [0.717, 1.165) is 17.1 Å². The zero-order valence-corrected chi connectivity index (χ0v) is 18.5. The van der Waals surface area contributed by atoms with Gasteiger partial charge in [0.15, 0.2) is 0 Å². The van der Waals surface area contributed by atoms with Crippen LogP contribution in [-0.2, 0) is 21.6 Å². The Kier molecular flexibility index (Phi) is 6.12. The number of para-hydroxylation sites is 1. The second-order valence-corrected chi connectivity index (χ2v) is 8.87. The van der Waals surface area contributed by atoms with E-state index in [2.05, 4.69) is 0 Å². The van der Waals surface area contributed by atoms with Gasteiger partial charge in [-0.1, -0.05) is 65.7 Å². The molecular weight excluding hydrogens is 435 g/mol. The molecule has 4 rings (SSSR count). The fraction of sp³-hybridized carbons (Fsp3) is 0.240. The Balaban J connectivity index is 1.45. The molecule has 3 aromatic carbocycles. The SMILES string of the molecule is CCOc1ccc(C2(C(=O)OCc3cccc(Oc4ccccc4)c3)CC2(Cl)Cl)cc1. The summed E-state index contributed by atoms with van der Waals surface area (Å²) in [6, 6.07) is 24.1. The Bertz CT molecular complexity index is 1050. The van der Waals surface area contributed by atoms with Crippen LogP contribution in [0.3, 0.4) is 0 Å². The van der Waals surface area contributed by atoms with Gasteiger partial charge in [-0.25, -0.2) is 0 Å². The molecule has 0 saturated heterocycles. The lowest BCUT2D eigenvalue weighted by molar-refractivity contribution is -0.148. The van der Waals surface area contributed by atoms with Gasteiger partial charge >= 0.3 is 5.97 Å². The molecule has 0 bridgehead atoms. The number of esters is 1. The number of rotatable bonds is 8. The third kappa shape index (κ3) is 4.51. The number of alkyl halides is 2. The molecule has 6 heteroatoms. The number of halogens is 2. The minimum Gasteiger partial charge on any atom is -0.494 e. The average molecular weight is 457 g/mol. The van der Waals surface area contributed by atoms with Crippen LogP contribution in [-0.4, -0.2) is 16.9 Å². The Morgan fingerprint density at radius 1 is 0.903 bits per heavy atom. The third-order valence-electron chi connectivity index (χ3n) is 5.24. The van der Waals surface area contributed by atoms with Gasteiger partial charge in [-0.05, 0) is 54.4 Å². The maximum Gasteiger partial charge on any atom is 0.320 e. The van der Waals surface area contributed by atoms with E-state index in [9.17, 15) is 4.79 Å². The van der Waals surface area contributed by atoms with Crippen LogP contribution in [0.15, 0.2) is 78.9 Å². The fourth-order valence-electron chi connectivity index (χ4n) is 3.54. The normalized spacial score (nSPS) is 18.8. The van der Waals surface area contributed by atoms with Crippen LogP contribution in [0.25, 0.3) is 0 Å². The minimum absolute atomic E-state index is 0.0907. The molecule has 0 heterocycles. The zero-order chi connectivity index (χ0) is 21.9. The summed E-state index contributed by atoms with van der Waals surface area (Å²) in [6.45, 7) is 2.57. The van der Waals surface area contributed by atoms with Gasteiger partial charge in [-0.3, -0.25) is 4.79 Å². The molecule has 4 nitrogen and oxygen atoms in total. The molecule has 31 heavy (non-hydrogen) atoms. The molecule has 0 aliphatic heterocycles. The summed E-state index contributed by atoms with van der Waals surface area (Å²) in [6.07, 6.45) is 0.299. The number of ether oxygens (including phenoxy) is 3. The monoisotopic (exact) mass is 456 g/mol. The highest BCUT2D eigenvalue weighted by atomic mass is 35.5. The third-order valence-corrected chi connectivity index (χ3v) is 6.15. The molecule has 3 aromatic rings. The van der Waals surface area contributed by atoms with Gasteiger partial charge in [-0.15, -0.1) is 0 Å². The molecule has 1 atom stereocenters. The van der Waals surface area contributed by atoms with Crippen LogP contribution in [0, 0.1) is 0 Å². The highest BCUT2D eigenvalue weighted by molar-refractivity contribution is 6.54. The van der Waals surface area contributed by atoms with Gasteiger partial charge in [0, 0.05) is 6.42 Å². The smallest absolute Gasteiger partial charge is 0.320 e. The molecule has 160 valence electrons. The largest absolute Gasteiger partial charge is 0.494 e. The molecule has 0 amide bonds. The number of carbonyl (C=O) groups excluding carboxylic acids is 1. The van der Waals surface area contributed by atoms with E-state index >= 15 is 0 Å². The molecule has 1 aliphatic carbocycles. The van der Waals surface area contributed by atoms with E-state index in [1.807, 2.05) is 73.7 Å². The zero-order valence-electron chi connectivity index (χ0n) is 17.0. The van der Waals surface area contributed by atoms with Gasteiger partial charge < -0.3 is 14.2 Å². The first-order chi connectivity index (χ1) is 14.9. The summed E-state index contributed by atoms with van der Waals surface area (Å²) in [5.41, 5.74) is 0.435. The summed E-state index contributed by atoms with van der Waals surface area (Å²) < 4.78 is 15.8. The molecule has 1 aliphatic rings. The minimum atomic E-state index is -1.20. The van der Waals surface area contributed by atoms with Crippen LogP contribution in [0.2, 0.25) is 0 Å². The van der Waals surface area contributed by atoms with Crippen molar-refractivity contribution in [3.8, 4) is 17.2 Å². The predicted octanol–water partition coefficient (Wildman–Crippen LogP) is 6.44. The maximum absolute atomic E-state index is 13.0. The summed E-state index contributed by atoms with van der Waals surface area (Å²) in [4.78, 5) is 13.0. The standard InChI is InChI=1S/C25H22Cl2O4/c1-2-29-20-13-11-19(12-14-20)24(17-25(24,26)27)23(28)30-16-18-7-6-10-22(15-18)31-21-8-4-3-5-9-21/h3-15H,2,16-17H2,1H3. The van der Waals surface area contributed by atoms with Crippen LogP contribution >= 0.6 is 23.2 Å². The van der Waals surface area contributed by atoms with Crippen molar-refractivity contribution in [1.82, 2.24) is 0 Å². The van der Waals surface area contributed by atoms with Crippen LogP contribution in [0.5, 0.6) is 17.2 Å². The number of carbonyl (C=O) groups is 1. The van der Waals surface area contributed by atoms with E-state index in [0.29, 0.717) is 24.3 Å². The Morgan fingerprint density at radius 2 is 1.58 bits per heavy atom. The first-order valence-electron chi connectivity index (χ1n) is 10.0. The highest BCUT2D eigenvalue weighted by Gasteiger charge is 2.73. The first-order valence-corrected chi connectivity index (χ1v) is 10.8. The molecule has 1 unspecified atom stereocenters. The quantitative estimate of drug-likeness (QED) is 0.289. The van der Waals surface area contributed by atoms with Gasteiger partial charge in [0.05, 0.1) is 6.61 Å². The lowest BCUT2D eigenvalue weighted by atomic mass is 9.96. The van der Waals surface area contributed by atoms with E-state index in [1.54, 1.807) is 12.1 Å². The molecule has 1 saturated carbocycles. The number of hydrogen-bond acceptors (Lipinski definition) is 4. The van der Waals surface area contributed by atoms with Crippen LogP contribution in [0.4, 0.5) is 0 Å². The van der Waals surface area contributed by atoms with Crippen molar-refractivity contribution in [1.29, 1.82) is 0 Å². The highest BCUT2D eigenvalue weighted by Crippen LogP contribution is 2.65. The maximum atomic E-state index is 13.0. The Labute approximate surface area is 191 Å². The number of benzene rings is 3. The van der Waals surface area contributed by atoms with Crippen LogP contribution in [0.1, 0.15) is 24.5 Å². The second-order valence-electron chi connectivity index (χ2n) is 7.38. The van der Waals surface area contributed by atoms with Crippen molar-refractivity contribution >= 4 is 29.2 Å².